The first kappa shape index (κ1) is 14.7. The molecule has 1 aliphatic heterocycles. The summed E-state index contributed by atoms with van der Waals surface area (Å²) in [6, 6.07) is 8.11. The molecule has 1 heterocycles. The van der Waals surface area contributed by atoms with E-state index in [1.54, 1.807) is 7.11 Å². The number of methoxy groups -OCH3 is 1. The van der Waals surface area contributed by atoms with Crippen LogP contribution in [0, 0.1) is 0 Å². The minimum absolute atomic E-state index is 0.170. The van der Waals surface area contributed by atoms with Gasteiger partial charge >= 0.3 is 0 Å². The van der Waals surface area contributed by atoms with Crippen molar-refractivity contribution in [3.8, 4) is 5.75 Å². The Morgan fingerprint density at radius 2 is 2.15 bits per heavy atom. The number of nitrogens with one attached hydrogen (secondary N) is 1. The monoisotopic (exact) mass is 278 g/mol. The van der Waals surface area contributed by atoms with Crippen LogP contribution < -0.4 is 19.6 Å². The van der Waals surface area contributed by atoms with E-state index in [1.165, 1.54) is 10.6 Å². The highest BCUT2D eigenvalue weighted by molar-refractivity contribution is 5.64. The Morgan fingerprint density at radius 3 is 2.80 bits per heavy atom. The maximum absolute atomic E-state index is 10.4. The van der Waals surface area contributed by atoms with Crippen molar-refractivity contribution in [2.45, 2.75) is 12.8 Å². The van der Waals surface area contributed by atoms with Crippen LogP contribution in [0.3, 0.4) is 0 Å². The van der Waals surface area contributed by atoms with Gasteiger partial charge in [0.2, 0.25) is 0 Å². The van der Waals surface area contributed by atoms with E-state index in [0.29, 0.717) is 6.42 Å². The molecular weight excluding hydrogens is 256 g/mol. The fraction of sp³-hybridized carbons (Fsp3) is 0.533. The summed E-state index contributed by atoms with van der Waals surface area (Å²) in [5.41, 5.74) is 1.19. The molecular formula is C15H22N2O3. The number of piperazine rings is 1. The zero-order valence-corrected chi connectivity index (χ0v) is 11.9. The number of quaternary nitrogens is 1. The Labute approximate surface area is 119 Å². The van der Waals surface area contributed by atoms with Crippen molar-refractivity contribution in [3.63, 3.8) is 0 Å². The van der Waals surface area contributed by atoms with Crippen LogP contribution in [-0.4, -0.2) is 45.8 Å². The number of rotatable bonds is 6. The Morgan fingerprint density at radius 1 is 1.40 bits per heavy atom. The smallest absolute Gasteiger partial charge is 0.120 e. The van der Waals surface area contributed by atoms with Gasteiger partial charge in [-0.2, -0.15) is 0 Å². The van der Waals surface area contributed by atoms with Crippen LogP contribution in [0.1, 0.15) is 12.8 Å². The zero-order chi connectivity index (χ0) is 14.4. The third-order valence-electron chi connectivity index (χ3n) is 3.80. The molecule has 5 nitrogen and oxygen atoms in total. The summed E-state index contributed by atoms with van der Waals surface area (Å²) in [4.78, 5) is 14.2. The summed E-state index contributed by atoms with van der Waals surface area (Å²) in [6.45, 7) is 5.00. The molecule has 0 spiro atoms. The lowest BCUT2D eigenvalue weighted by molar-refractivity contribution is -0.900. The van der Waals surface area contributed by atoms with Gasteiger partial charge in [-0.25, -0.2) is 0 Å². The predicted octanol–water partition coefficient (Wildman–Crippen LogP) is -1.07. The van der Waals surface area contributed by atoms with Gasteiger partial charge in [-0.15, -0.1) is 0 Å². The largest absolute Gasteiger partial charge is 0.550 e. The van der Waals surface area contributed by atoms with Crippen molar-refractivity contribution in [2.24, 2.45) is 0 Å². The van der Waals surface area contributed by atoms with Gasteiger partial charge in [0.05, 0.1) is 39.8 Å². The number of carbonyl (C=O) groups excluding carboxylic acids is 1. The number of benzene rings is 1. The Kier molecular flexibility index (Phi) is 5.24. The summed E-state index contributed by atoms with van der Waals surface area (Å²) in [5.74, 6) is -0.0642. The second kappa shape index (κ2) is 7.14. The normalized spacial score (nSPS) is 16.1. The first-order valence-corrected chi connectivity index (χ1v) is 7.11. The first-order chi connectivity index (χ1) is 9.69. The molecule has 20 heavy (non-hydrogen) atoms. The molecule has 1 aromatic carbocycles. The van der Waals surface area contributed by atoms with E-state index in [1.807, 2.05) is 12.1 Å². The van der Waals surface area contributed by atoms with Crippen LogP contribution in [0.15, 0.2) is 24.3 Å². The van der Waals surface area contributed by atoms with Gasteiger partial charge in [-0.05, 0) is 18.6 Å². The maximum Gasteiger partial charge on any atom is 0.120 e. The van der Waals surface area contributed by atoms with E-state index < -0.39 is 5.97 Å². The Bertz CT molecular complexity index is 442. The molecule has 1 aromatic rings. The number of carboxylic acids is 1. The first-order valence-electron chi connectivity index (χ1n) is 7.11. The van der Waals surface area contributed by atoms with Crippen LogP contribution in [0.5, 0.6) is 5.75 Å². The van der Waals surface area contributed by atoms with Crippen molar-refractivity contribution in [1.29, 1.82) is 0 Å². The van der Waals surface area contributed by atoms with Crippen molar-refractivity contribution in [1.82, 2.24) is 0 Å². The molecule has 0 unspecified atom stereocenters. The quantitative estimate of drug-likeness (QED) is 0.720. The van der Waals surface area contributed by atoms with E-state index in [-0.39, 0.29) is 6.42 Å². The molecule has 5 heteroatoms. The van der Waals surface area contributed by atoms with Crippen molar-refractivity contribution in [3.05, 3.63) is 24.3 Å². The van der Waals surface area contributed by atoms with E-state index in [9.17, 15) is 9.90 Å². The molecule has 0 aromatic heterocycles. The molecule has 0 atom stereocenters. The van der Waals surface area contributed by atoms with Crippen LogP contribution in [-0.2, 0) is 4.79 Å². The molecule has 0 radical (unpaired) electrons. The summed E-state index contributed by atoms with van der Waals surface area (Å²) in [6.07, 6.45) is 0.875. The summed E-state index contributed by atoms with van der Waals surface area (Å²) in [7, 11) is 1.68. The van der Waals surface area contributed by atoms with Crippen LogP contribution in [0.25, 0.3) is 0 Å². The summed E-state index contributed by atoms with van der Waals surface area (Å²) >= 11 is 0. The third kappa shape index (κ3) is 4.13. The molecule has 0 amide bonds. The molecule has 1 saturated heterocycles. The van der Waals surface area contributed by atoms with Crippen LogP contribution >= 0.6 is 0 Å². The molecule has 2 rings (SSSR count). The van der Waals surface area contributed by atoms with Crippen LogP contribution in [0.4, 0.5) is 5.69 Å². The molecule has 1 N–H and O–H groups in total. The lowest BCUT2D eigenvalue weighted by Gasteiger charge is -2.33. The van der Waals surface area contributed by atoms with E-state index in [2.05, 4.69) is 17.0 Å². The number of nitrogens with zero attached hydrogens (tertiary/aromatic N) is 1. The van der Waals surface area contributed by atoms with Gasteiger partial charge in [-0.1, -0.05) is 6.07 Å². The average Bonchev–Trinajstić information content (AvgIpc) is 2.48. The van der Waals surface area contributed by atoms with E-state index in [0.717, 1.165) is 38.5 Å². The maximum atomic E-state index is 10.4. The lowest BCUT2D eigenvalue weighted by Crippen LogP contribution is -3.14. The number of aliphatic carboxylic acids is 1. The molecule has 0 bridgehead atoms. The number of ether oxygens (including phenoxy) is 1. The van der Waals surface area contributed by atoms with Gasteiger partial charge in [0, 0.05) is 24.1 Å². The fourth-order valence-corrected chi connectivity index (χ4v) is 2.62. The van der Waals surface area contributed by atoms with E-state index in [4.69, 9.17) is 4.74 Å². The van der Waals surface area contributed by atoms with Crippen LogP contribution in [0.2, 0.25) is 0 Å². The number of hydrogen-bond acceptors (Lipinski definition) is 4. The molecule has 0 saturated carbocycles. The fourth-order valence-electron chi connectivity index (χ4n) is 2.62. The summed E-state index contributed by atoms with van der Waals surface area (Å²) in [5, 5.41) is 10.4. The lowest BCUT2D eigenvalue weighted by atomic mass is 10.2. The highest BCUT2D eigenvalue weighted by Gasteiger charge is 2.19. The Hall–Kier alpha value is -1.75. The number of carboxylic acid groups (broad SMARTS) is 1. The minimum atomic E-state index is -0.945. The SMILES string of the molecule is COc1cccc(N2CC[NH+](CCCC(=O)[O-])CC2)c1. The third-order valence-corrected chi connectivity index (χ3v) is 3.80. The second-order valence-electron chi connectivity index (χ2n) is 5.16. The highest BCUT2D eigenvalue weighted by Crippen LogP contribution is 2.20. The Balaban J connectivity index is 1.80. The minimum Gasteiger partial charge on any atom is -0.550 e. The molecule has 1 aliphatic rings. The highest BCUT2D eigenvalue weighted by atomic mass is 16.5. The molecule has 0 aliphatic carbocycles. The average molecular weight is 278 g/mol. The van der Waals surface area contributed by atoms with Gasteiger partial charge in [0.1, 0.15) is 5.75 Å². The van der Waals surface area contributed by atoms with E-state index >= 15 is 0 Å². The predicted molar refractivity (Wildman–Crippen MR) is 75.0 cm³/mol. The van der Waals surface area contributed by atoms with Gasteiger partial charge in [-0.3, -0.25) is 0 Å². The van der Waals surface area contributed by atoms with Crippen molar-refractivity contribution < 1.29 is 19.5 Å². The molecule has 110 valence electrons. The number of anilines is 1. The molecule has 1 fully saturated rings. The standard InChI is InChI=1S/C15H22N2O3/c1-20-14-5-2-4-13(12-14)17-10-8-16(9-11-17)7-3-6-15(18)19/h2,4-5,12H,3,6-11H2,1H3,(H,18,19). The van der Waals surface area contributed by atoms with Crippen molar-refractivity contribution in [2.75, 3.05) is 44.7 Å². The second-order valence-corrected chi connectivity index (χ2v) is 5.16. The van der Waals surface area contributed by atoms with Crippen molar-refractivity contribution >= 4 is 11.7 Å². The number of hydrogen-bond donors (Lipinski definition) is 1. The van der Waals surface area contributed by atoms with Gasteiger partial charge in [0.15, 0.2) is 0 Å². The topological polar surface area (TPSA) is 57.0 Å². The van der Waals surface area contributed by atoms with Gasteiger partial charge < -0.3 is 24.4 Å². The number of carbonyl (C=O) groups is 1. The zero-order valence-electron chi connectivity index (χ0n) is 11.9. The van der Waals surface area contributed by atoms with Gasteiger partial charge in [0.25, 0.3) is 0 Å². The summed E-state index contributed by atoms with van der Waals surface area (Å²) < 4.78 is 5.25.